The van der Waals surface area contributed by atoms with Gasteiger partial charge in [0.25, 0.3) is 0 Å². The maximum atomic E-state index is 10.7. The van der Waals surface area contributed by atoms with Gasteiger partial charge in [0.15, 0.2) is 11.9 Å². The first-order valence-electron chi connectivity index (χ1n) is 3.84. The number of primary amides is 1. The summed E-state index contributed by atoms with van der Waals surface area (Å²) in [5.74, 6) is 0. The molecule has 0 saturated carbocycles. The molecule has 0 aromatic carbocycles. The molecule has 0 aromatic heterocycles. The predicted molar refractivity (Wildman–Crippen MR) is 41.6 cm³/mol. The Bertz CT molecular complexity index is 187. The van der Waals surface area contributed by atoms with Crippen molar-refractivity contribution < 1.29 is 14.3 Å². The summed E-state index contributed by atoms with van der Waals surface area (Å²) < 4.78 is 4.76. The van der Waals surface area contributed by atoms with Crippen LogP contribution in [0, 0.1) is 0 Å². The number of piperidine rings is 1. The first-order chi connectivity index (χ1) is 5.68. The molecule has 68 valence electrons. The number of ether oxygens (including phenoxy) is 1. The van der Waals surface area contributed by atoms with Crippen molar-refractivity contribution in [2.45, 2.75) is 18.4 Å². The van der Waals surface area contributed by atoms with Gasteiger partial charge in [-0.15, -0.1) is 0 Å². The molecular weight excluding hydrogens is 160 g/mol. The summed E-state index contributed by atoms with van der Waals surface area (Å²) in [6.07, 6.45) is 0.779. The van der Waals surface area contributed by atoms with Gasteiger partial charge in [-0.2, -0.15) is 0 Å². The van der Waals surface area contributed by atoms with E-state index >= 15 is 0 Å². The van der Waals surface area contributed by atoms with E-state index in [1.165, 1.54) is 0 Å². The number of nitrogens with two attached hydrogens (primary N) is 1. The molecule has 3 N–H and O–H groups in total. The van der Waals surface area contributed by atoms with E-state index in [0.717, 1.165) is 0 Å². The number of carbonyl (C=O) groups is 2. The van der Waals surface area contributed by atoms with Gasteiger partial charge in [0.05, 0.1) is 0 Å². The van der Waals surface area contributed by atoms with Gasteiger partial charge in [-0.25, -0.2) is 4.79 Å². The molecule has 5 heteroatoms. The van der Waals surface area contributed by atoms with Gasteiger partial charge in [-0.1, -0.05) is 0 Å². The van der Waals surface area contributed by atoms with Crippen LogP contribution < -0.4 is 11.1 Å². The standard InChI is InChI=1S/C7H12N2O3/c8-6(11)12-7(5-10)1-3-9-4-2-7/h5,9H,1-4H2,(H2,8,11). The summed E-state index contributed by atoms with van der Waals surface area (Å²) in [4.78, 5) is 21.1. The number of hydrogen-bond acceptors (Lipinski definition) is 4. The van der Waals surface area contributed by atoms with Crippen molar-refractivity contribution in [3.63, 3.8) is 0 Å². The van der Waals surface area contributed by atoms with Crippen LogP contribution in [0.25, 0.3) is 0 Å². The smallest absolute Gasteiger partial charge is 0.405 e. The molecule has 1 heterocycles. The first kappa shape index (κ1) is 8.99. The summed E-state index contributed by atoms with van der Waals surface area (Å²) in [7, 11) is 0. The van der Waals surface area contributed by atoms with E-state index in [1.54, 1.807) is 0 Å². The van der Waals surface area contributed by atoms with Crippen LogP contribution in [0.2, 0.25) is 0 Å². The Morgan fingerprint density at radius 3 is 2.50 bits per heavy atom. The minimum atomic E-state index is -0.975. The van der Waals surface area contributed by atoms with Crippen molar-refractivity contribution in [1.82, 2.24) is 5.32 Å². The Labute approximate surface area is 70.2 Å². The summed E-state index contributed by atoms with van der Waals surface area (Å²) in [5.41, 5.74) is 3.87. The van der Waals surface area contributed by atoms with Crippen LogP contribution in [0.3, 0.4) is 0 Å². The van der Waals surface area contributed by atoms with Crippen LogP contribution in [0.15, 0.2) is 0 Å². The summed E-state index contributed by atoms with van der Waals surface area (Å²) >= 11 is 0. The minimum absolute atomic E-state index is 0.499. The Hall–Kier alpha value is -1.10. The van der Waals surface area contributed by atoms with E-state index in [9.17, 15) is 9.59 Å². The van der Waals surface area contributed by atoms with Gasteiger partial charge in [-0.05, 0) is 13.1 Å². The largest absolute Gasteiger partial charge is 0.435 e. The number of amides is 1. The van der Waals surface area contributed by atoms with E-state index in [1.807, 2.05) is 0 Å². The number of nitrogens with one attached hydrogen (secondary N) is 1. The van der Waals surface area contributed by atoms with Crippen LogP contribution in [0.5, 0.6) is 0 Å². The van der Waals surface area contributed by atoms with Crippen molar-refractivity contribution in [2.24, 2.45) is 5.73 Å². The van der Waals surface area contributed by atoms with Gasteiger partial charge < -0.3 is 15.8 Å². The lowest BCUT2D eigenvalue weighted by Gasteiger charge is -2.31. The van der Waals surface area contributed by atoms with Gasteiger partial charge >= 0.3 is 6.09 Å². The summed E-state index contributed by atoms with van der Waals surface area (Å²) in [6.45, 7) is 1.35. The zero-order chi connectivity index (χ0) is 9.03. The normalized spacial score (nSPS) is 21.3. The third kappa shape index (κ3) is 1.94. The van der Waals surface area contributed by atoms with Crippen molar-refractivity contribution >= 4 is 12.4 Å². The van der Waals surface area contributed by atoms with Crippen LogP contribution >= 0.6 is 0 Å². The molecular formula is C7H12N2O3. The van der Waals surface area contributed by atoms with Crippen LogP contribution in [-0.2, 0) is 9.53 Å². The maximum absolute atomic E-state index is 10.7. The molecule has 1 aliphatic rings. The Morgan fingerprint density at radius 2 is 2.08 bits per heavy atom. The first-order valence-corrected chi connectivity index (χ1v) is 3.84. The third-order valence-electron chi connectivity index (χ3n) is 1.97. The van der Waals surface area contributed by atoms with Gasteiger partial charge in [-0.3, -0.25) is 4.79 Å². The highest BCUT2D eigenvalue weighted by atomic mass is 16.6. The molecule has 5 nitrogen and oxygen atoms in total. The molecule has 0 spiro atoms. The van der Waals surface area contributed by atoms with E-state index in [-0.39, 0.29) is 0 Å². The van der Waals surface area contributed by atoms with Crippen LogP contribution in [0.4, 0.5) is 4.79 Å². The molecule has 0 atom stereocenters. The zero-order valence-electron chi connectivity index (χ0n) is 6.71. The highest BCUT2D eigenvalue weighted by Crippen LogP contribution is 2.20. The van der Waals surface area contributed by atoms with Gasteiger partial charge in [0.2, 0.25) is 0 Å². The molecule has 0 bridgehead atoms. The Balaban J connectivity index is 2.59. The fourth-order valence-corrected chi connectivity index (χ4v) is 1.29. The Morgan fingerprint density at radius 1 is 1.50 bits per heavy atom. The summed E-state index contributed by atoms with van der Waals surface area (Å²) in [5, 5.41) is 3.06. The van der Waals surface area contributed by atoms with Crippen LogP contribution in [0.1, 0.15) is 12.8 Å². The lowest BCUT2D eigenvalue weighted by molar-refractivity contribution is -0.126. The second-order valence-corrected chi connectivity index (χ2v) is 2.85. The second-order valence-electron chi connectivity index (χ2n) is 2.85. The average Bonchev–Trinajstić information content (AvgIpc) is 2.05. The van der Waals surface area contributed by atoms with Gasteiger partial charge in [0, 0.05) is 12.8 Å². The average molecular weight is 172 g/mol. The van der Waals surface area contributed by atoms with E-state index in [4.69, 9.17) is 10.5 Å². The number of hydrogen-bond donors (Lipinski definition) is 2. The molecule has 0 unspecified atom stereocenters. The van der Waals surface area contributed by atoms with E-state index in [2.05, 4.69) is 5.32 Å². The van der Waals surface area contributed by atoms with E-state index < -0.39 is 11.7 Å². The molecule has 1 rings (SSSR count). The number of carbonyl (C=O) groups excluding carboxylic acids is 2. The predicted octanol–water partition coefficient (Wildman–Crippen LogP) is -0.597. The fraction of sp³-hybridized carbons (Fsp3) is 0.714. The van der Waals surface area contributed by atoms with Crippen molar-refractivity contribution in [3.05, 3.63) is 0 Å². The zero-order valence-corrected chi connectivity index (χ0v) is 6.71. The van der Waals surface area contributed by atoms with Crippen molar-refractivity contribution in [1.29, 1.82) is 0 Å². The molecule has 0 aliphatic carbocycles. The molecule has 0 radical (unpaired) electrons. The van der Waals surface area contributed by atoms with Crippen LogP contribution in [-0.4, -0.2) is 31.1 Å². The molecule has 1 fully saturated rings. The lowest BCUT2D eigenvalue weighted by Crippen LogP contribution is -2.47. The SMILES string of the molecule is NC(=O)OC1(C=O)CCNCC1. The number of aldehydes is 1. The maximum Gasteiger partial charge on any atom is 0.405 e. The minimum Gasteiger partial charge on any atom is -0.435 e. The summed E-state index contributed by atoms with van der Waals surface area (Å²) in [6, 6.07) is 0. The second kappa shape index (κ2) is 3.53. The monoisotopic (exact) mass is 172 g/mol. The number of rotatable bonds is 2. The lowest BCUT2D eigenvalue weighted by atomic mass is 9.94. The van der Waals surface area contributed by atoms with Crippen molar-refractivity contribution in [3.8, 4) is 0 Å². The molecule has 1 saturated heterocycles. The Kier molecular flexibility index (Phi) is 2.65. The third-order valence-corrected chi connectivity index (χ3v) is 1.97. The topological polar surface area (TPSA) is 81.4 Å². The quantitative estimate of drug-likeness (QED) is 0.545. The molecule has 1 amide bonds. The highest BCUT2D eigenvalue weighted by molar-refractivity contribution is 5.72. The van der Waals surface area contributed by atoms with Gasteiger partial charge in [0.1, 0.15) is 0 Å². The van der Waals surface area contributed by atoms with Crippen molar-refractivity contribution in [2.75, 3.05) is 13.1 Å². The fourth-order valence-electron chi connectivity index (χ4n) is 1.29. The molecule has 12 heavy (non-hydrogen) atoms. The molecule has 1 aliphatic heterocycles. The van der Waals surface area contributed by atoms with E-state index in [0.29, 0.717) is 32.2 Å². The molecule has 0 aromatic rings. The highest BCUT2D eigenvalue weighted by Gasteiger charge is 2.34.